The molecule has 0 bridgehead atoms. The van der Waals surface area contributed by atoms with Crippen LogP contribution in [0.1, 0.15) is 36.6 Å². The SMILES string of the molecule is COP(=O)(O)C(C)(C)NC(C(=O)Nc1c(C)cccc1C)c1cccc2ccccc12.O=CO. The summed E-state index contributed by atoms with van der Waals surface area (Å²) >= 11 is 0. The summed E-state index contributed by atoms with van der Waals surface area (Å²) in [7, 11) is -2.86. The minimum Gasteiger partial charge on any atom is -0.483 e. The number of hydrogen-bond acceptors (Lipinski definition) is 5. The number of aryl methyl sites for hydroxylation is 2. The minimum absolute atomic E-state index is 0.250. The number of amides is 1. The molecule has 0 saturated carbocycles. The van der Waals surface area contributed by atoms with Crippen molar-refractivity contribution in [2.24, 2.45) is 0 Å². The Kier molecular flexibility index (Phi) is 9.13. The Hall–Kier alpha value is -3.03. The van der Waals surface area contributed by atoms with Crippen LogP contribution in [0.5, 0.6) is 0 Å². The maximum absolute atomic E-state index is 13.6. The van der Waals surface area contributed by atoms with E-state index in [1.165, 1.54) is 7.11 Å². The summed E-state index contributed by atoms with van der Waals surface area (Å²) in [5.74, 6) is -0.321. The molecule has 34 heavy (non-hydrogen) atoms. The number of benzene rings is 3. The van der Waals surface area contributed by atoms with E-state index in [1.807, 2.05) is 74.5 Å². The topological polar surface area (TPSA) is 125 Å². The van der Waals surface area contributed by atoms with E-state index in [-0.39, 0.29) is 12.4 Å². The Bertz CT molecular complexity index is 1190. The van der Waals surface area contributed by atoms with Gasteiger partial charge in [-0.1, -0.05) is 60.7 Å². The van der Waals surface area contributed by atoms with Crippen molar-refractivity contribution in [2.45, 2.75) is 39.0 Å². The monoisotopic (exact) mass is 486 g/mol. The van der Waals surface area contributed by atoms with Gasteiger partial charge in [0.2, 0.25) is 5.91 Å². The average molecular weight is 487 g/mol. The molecule has 8 nitrogen and oxygen atoms in total. The number of fused-ring (bicyclic) bond motifs is 1. The Morgan fingerprint density at radius 3 is 2.15 bits per heavy atom. The fourth-order valence-corrected chi connectivity index (χ4v) is 4.41. The van der Waals surface area contributed by atoms with Crippen LogP contribution in [0.2, 0.25) is 0 Å². The van der Waals surface area contributed by atoms with Gasteiger partial charge in [-0.25, -0.2) is 0 Å². The lowest BCUT2D eigenvalue weighted by molar-refractivity contribution is -0.123. The first-order valence-electron chi connectivity index (χ1n) is 10.6. The van der Waals surface area contributed by atoms with Crippen molar-refractivity contribution in [1.82, 2.24) is 5.32 Å². The molecule has 0 radical (unpaired) electrons. The van der Waals surface area contributed by atoms with Gasteiger partial charge in [0.25, 0.3) is 6.47 Å². The van der Waals surface area contributed by atoms with Crippen LogP contribution in [-0.4, -0.2) is 34.8 Å². The van der Waals surface area contributed by atoms with E-state index in [1.54, 1.807) is 13.8 Å². The molecule has 0 heterocycles. The van der Waals surface area contributed by atoms with Crippen molar-refractivity contribution in [2.75, 3.05) is 12.4 Å². The largest absolute Gasteiger partial charge is 0.483 e. The first-order valence-corrected chi connectivity index (χ1v) is 12.2. The van der Waals surface area contributed by atoms with Gasteiger partial charge in [-0.05, 0) is 55.2 Å². The first kappa shape index (κ1) is 27.2. The number of hydrogen-bond donors (Lipinski definition) is 4. The molecule has 182 valence electrons. The molecule has 1 amide bonds. The number of rotatable bonds is 7. The normalized spacial score (nSPS) is 13.8. The number of para-hydroxylation sites is 1. The van der Waals surface area contributed by atoms with Crippen LogP contribution >= 0.6 is 7.60 Å². The van der Waals surface area contributed by atoms with E-state index < -0.39 is 18.9 Å². The zero-order valence-corrected chi connectivity index (χ0v) is 20.8. The number of carbonyl (C=O) groups excluding carboxylic acids is 1. The highest BCUT2D eigenvalue weighted by Gasteiger charge is 2.43. The lowest BCUT2D eigenvalue weighted by atomic mass is 9.97. The van der Waals surface area contributed by atoms with Crippen LogP contribution in [0.25, 0.3) is 10.8 Å². The van der Waals surface area contributed by atoms with Gasteiger partial charge in [-0.3, -0.25) is 19.5 Å². The highest BCUT2D eigenvalue weighted by molar-refractivity contribution is 7.54. The highest BCUT2D eigenvalue weighted by atomic mass is 31.2. The summed E-state index contributed by atoms with van der Waals surface area (Å²) in [6.45, 7) is 6.73. The maximum atomic E-state index is 13.6. The number of carboxylic acid groups (broad SMARTS) is 1. The first-order chi connectivity index (χ1) is 16.0. The van der Waals surface area contributed by atoms with Crippen molar-refractivity contribution in [3.8, 4) is 0 Å². The van der Waals surface area contributed by atoms with Crippen molar-refractivity contribution in [3.05, 3.63) is 77.4 Å². The number of nitrogens with one attached hydrogen (secondary N) is 2. The van der Waals surface area contributed by atoms with E-state index >= 15 is 0 Å². The molecule has 0 aromatic heterocycles. The second kappa shape index (κ2) is 11.4. The van der Waals surface area contributed by atoms with E-state index in [9.17, 15) is 14.3 Å². The van der Waals surface area contributed by atoms with Crippen LogP contribution in [0, 0.1) is 13.8 Å². The predicted molar refractivity (Wildman–Crippen MR) is 134 cm³/mol. The maximum Gasteiger partial charge on any atom is 0.347 e. The summed E-state index contributed by atoms with van der Waals surface area (Å²) in [6.07, 6.45) is 0. The molecule has 0 saturated heterocycles. The molecule has 0 aliphatic heterocycles. The van der Waals surface area contributed by atoms with Crippen molar-refractivity contribution in [1.29, 1.82) is 0 Å². The Balaban J connectivity index is 0.00000129. The summed E-state index contributed by atoms with van der Waals surface area (Å²) in [5, 5.41) is 13.5. The van der Waals surface area contributed by atoms with Crippen LogP contribution in [0.15, 0.2) is 60.7 Å². The molecule has 3 aromatic carbocycles. The second-order valence-electron chi connectivity index (χ2n) is 8.27. The van der Waals surface area contributed by atoms with Crippen LogP contribution in [0.4, 0.5) is 5.69 Å². The Morgan fingerprint density at radius 2 is 1.56 bits per heavy atom. The summed E-state index contributed by atoms with van der Waals surface area (Å²) in [4.78, 5) is 32.3. The van der Waals surface area contributed by atoms with Gasteiger partial charge < -0.3 is 19.8 Å². The standard InChI is InChI=1S/C24H29N2O4P.CH2O2/c1-16-10-8-11-17(2)21(16)25-23(27)22(26-24(3,4)31(28,29)30-5)20-15-9-13-18-12-6-7-14-19(18)20;2-1-3/h6-15,22,26H,1-5H3,(H,25,27)(H,28,29);1H,(H,2,3). The Morgan fingerprint density at radius 1 is 1.03 bits per heavy atom. The molecule has 2 atom stereocenters. The molecule has 0 aliphatic rings. The minimum atomic E-state index is -4.04. The molecular formula is C25H31N2O6P. The van der Waals surface area contributed by atoms with Gasteiger partial charge in [0, 0.05) is 12.8 Å². The van der Waals surface area contributed by atoms with Crippen molar-refractivity contribution < 1.29 is 28.7 Å². The lowest BCUT2D eigenvalue weighted by Gasteiger charge is -2.34. The van der Waals surface area contributed by atoms with Gasteiger partial charge in [0.05, 0.1) is 0 Å². The Labute approximate surface area is 199 Å². The average Bonchev–Trinajstić information content (AvgIpc) is 2.80. The number of anilines is 1. The fraction of sp³-hybridized carbons (Fsp3) is 0.280. The van der Waals surface area contributed by atoms with E-state index in [4.69, 9.17) is 14.4 Å². The molecule has 9 heteroatoms. The van der Waals surface area contributed by atoms with Gasteiger partial charge in [0.1, 0.15) is 11.3 Å². The molecule has 0 fully saturated rings. The van der Waals surface area contributed by atoms with Crippen molar-refractivity contribution in [3.63, 3.8) is 0 Å². The molecule has 2 unspecified atom stereocenters. The summed E-state index contributed by atoms with van der Waals surface area (Å²) in [6, 6.07) is 18.3. The van der Waals surface area contributed by atoms with Gasteiger partial charge in [-0.2, -0.15) is 0 Å². The lowest BCUT2D eigenvalue weighted by Crippen LogP contribution is -2.46. The highest BCUT2D eigenvalue weighted by Crippen LogP contribution is 2.53. The molecule has 3 aromatic rings. The third-order valence-corrected chi connectivity index (χ3v) is 7.61. The summed E-state index contributed by atoms with van der Waals surface area (Å²) in [5.41, 5.74) is 3.32. The van der Waals surface area contributed by atoms with E-state index in [0.29, 0.717) is 5.56 Å². The van der Waals surface area contributed by atoms with Gasteiger partial charge >= 0.3 is 7.60 Å². The smallest absolute Gasteiger partial charge is 0.347 e. The third-order valence-electron chi connectivity index (χ3n) is 5.58. The van der Waals surface area contributed by atoms with Gasteiger partial charge in [0.15, 0.2) is 0 Å². The predicted octanol–water partition coefficient (Wildman–Crippen LogP) is 4.99. The molecule has 0 aliphatic carbocycles. The number of carbonyl (C=O) groups is 2. The van der Waals surface area contributed by atoms with Crippen molar-refractivity contribution >= 4 is 36.4 Å². The van der Waals surface area contributed by atoms with E-state index in [0.717, 1.165) is 27.6 Å². The molecule has 3 rings (SSSR count). The molecule has 4 N–H and O–H groups in total. The third kappa shape index (κ3) is 6.10. The fourth-order valence-electron chi connectivity index (χ4n) is 3.66. The van der Waals surface area contributed by atoms with Gasteiger partial charge in [-0.15, -0.1) is 0 Å². The van der Waals surface area contributed by atoms with Crippen LogP contribution < -0.4 is 10.6 Å². The van der Waals surface area contributed by atoms with Crippen LogP contribution in [-0.2, 0) is 18.7 Å². The summed E-state index contributed by atoms with van der Waals surface area (Å²) < 4.78 is 17.5. The zero-order chi connectivity index (χ0) is 25.5. The quantitative estimate of drug-likeness (QED) is 0.274. The zero-order valence-electron chi connectivity index (χ0n) is 19.9. The van der Waals surface area contributed by atoms with Crippen LogP contribution in [0.3, 0.4) is 0 Å². The second-order valence-corrected chi connectivity index (χ2v) is 10.8. The van der Waals surface area contributed by atoms with E-state index in [2.05, 4.69) is 10.6 Å². The molecule has 0 spiro atoms. The molecular weight excluding hydrogens is 455 g/mol.